The predicted octanol–water partition coefficient (Wildman–Crippen LogP) is 1.12. The van der Waals surface area contributed by atoms with E-state index < -0.39 is 12.0 Å². The molecule has 0 spiro atoms. The summed E-state index contributed by atoms with van der Waals surface area (Å²) in [7, 11) is 0. The van der Waals surface area contributed by atoms with Gasteiger partial charge in [0.05, 0.1) is 11.5 Å². The fourth-order valence-electron chi connectivity index (χ4n) is 2.79. The number of nitrogens with zero attached hydrogens (tertiary/aromatic N) is 1. The number of hydrogen-bond acceptors (Lipinski definition) is 4. The summed E-state index contributed by atoms with van der Waals surface area (Å²) in [6, 6.07) is -0.953. The Morgan fingerprint density at radius 3 is 2.22 bits per heavy atom. The van der Waals surface area contributed by atoms with E-state index in [4.69, 9.17) is 0 Å². The van der Waals surface area contributed by atoms with Crippen LogP contribution in [0.1, 0.15) is 32.1 Å². The number of thioether (sulfide) groups is 1. The topological polar surface area (TPSA) is 74.7 Å². The minimum atomic E-state index is -1.05. The van der Waals surface area contributed by atoms with E-state index in [0.29, 0.717) is 0 Å². The molecule has 1 aliphatic carbocycles. The second-order valence-corrected chi connectivity index (χ2v) is 5.82. The molecular formula is C12H17NO4S. The van der Waals surface area contributed by atoms with Gasteiger partial charge in [-0.25, -0.2) is 4.79 Å². The molecule has 0 aromatic carbocycles. The van der Waals surface area contributed by atoms with Crippen molar-refractivity contribution in [3.8, 4) is 0 Å². The van der Waals surface area contributed by atoms with Crippen LogP contribution in [0.5, 0.6) is 0 Å². The zero-order valence-corrected chi connectivity index (χ0v) is 10.9. The number of carbonyl (C=O) groups excluding carboxylic acids is 2. The SMILES string of the molecule is O=C(O)C(C1CCCCC1)N1C(=O)CSCC1=O. The Kier molecular flexibility index (Phi) is 4.27. The zero-order chi connectivity index (χ0) is 13.1. The Hall–Kier alpha value is -1.04. The van der Waals surface area contributed by atoms with Gasteiger partial charge >= 0.3 is 5.97 Å². The van der Waals surface area contributed by atoms with Crippen LogP contribution in [0.3, 0.4) is 0 Å². The molecule has 0 bridgehead atoms. The average Bonchev–Trinajstić information content (AvgIpc) is 2.34. The van der Waals surface area contributed by atoms with Crippen molar-refractivity contribution in [1.82, 2.24) is 4.90 Å². The van der Waals surface area contributed by atoms with Gasteiger partial charge in [-0.1, -0.05) is 19.3 Å². The first-order valence-corrected chi connectivity index (χ1v) is 7.42. The summed E-state index contributed by atoms with van der Waals surface area (Å²) in [4.78, 5) is 36.1. The highest BCUT2D eigenvalue weighted by atomic mass is 32.2. The van der Waals surface area contributed by atoms with Crippen LogP contribution in [0.25, 0.3) is 0 Å². The molecule has 0 aromatic rings. The fourth-order valence-corrected chi connectivity index (χ4v) is 3.52. The first-order valence-electron chi connectivity index (χ1n) is 6.26. The number of amides is 2. The van der Waals surface area contributed by atoms with Gasteiger partial charge in [-0.2, -0.15) is 0 Å². The van der Waals surface area contributed by atoms with Gasteiger partial charge in [0.15, 0.2) is 0 Å². The lowest BCUT2D eigenvalue weighted by Gasteiger charge is -2.36. The molecule has 100 valence electrons. The van der Waals surface area contributed by atoms with Crippen molar-refractivity contribution in [3.63, 3.8) is 0 Å². The van der Waals surface area contributed by atoms with Crippen LogP contribution < -0.4 is 0 Å². The van der Waals surface area contributed by atoms with E-state index in [1.165, 1.54) is 11.8 Å². The van der Waals surface area contributed by atoms with Crippen LogP contribution in [-0.2, 0) is 14.4 Å². The van der Waals surface area contributed by atoms with E-state index in [1.54, 1.807) is 0 Å². The molecule has 5 nitrogen and oxygen atoms in total. The molecule has 1 unspecified atom stereocenters. The van der Waals surface area contributed by atoms with Gasteiger partial charge in [-0.05, 0) is 18.8 Å². The predicted molar refractivity (Wildman–Crippen MR) is 67.2 cm³/mol. The fraction of sp³-hybridized carbons (Fsp3) is 0.750. The van der Waals surface area contributed by atoms with Gasteiger partial charge in [0.2, 0.25) is 11.8 Å². The van der Waals surface area contributed by atoms with Crippen LogP contribution in [0.2, 0.25) is 0 Å². The van der Waals surface area contributed by atoms with Gasteiger partial charge < -0.3 is 5.11 Å². The average molecular weight is 271 g/mol. The second kappa shape index (κ2) is 5.73. The molecule has 1 aliphatic heterocycles. The largest absolute Gasteiger partial charge is 0.480 e. The summed E-state index contributed by atoms with van der Waals surface area (Å²) in [5, 5.41) is 9.36. The smallest absolute Gasteiger partial charge is 0.327 e. The molecule has 18 heavy (non-hydrogen) atoms. The third-order valence-electron chi connectivity index (χ3n) is 3.62. The summed E-state index contributed by atoms with van der Waals surface area (Å²) in [6.07, 6.45) is 4.67. The minimum Gasteiger partial charge on any atom is -0.480 e. The number of imide groups is 1. The van der Waals surface area contributed by atoms with Crippen LogP contribution in [0.15, 0.2) is 0 Å². The first kappa shape index (κ1) is 13.4. The third-order valence-corrected chi connectivity index (χ3v) is 4.52. The van der Waals surface area contributed by atoms with Crippen molar-refractivity contribution in [1.29, 1.82) is 0 Å². The molecule has 2 rings (SSSR count). The number of aliphatic carboxylic acids is 1. The van der Waals surface area contributed by atoms with Gasteiger partial charge in [0.1, 0.15) is 6.04 Å². The van der Waals surface area contributed by atoms with E-state index in [2.05, 4.69) is 0 Å². The molecule has 0 aromatic heterocycles. The lowest BCUT2D eigenvalue weighted by molar-refractivity contribution is -0.159. The highest BCUT2D eigenvalue weighted by Gasteiger charge is 2.41. The second-order valence-electron chi connectivity index (χ2n) is 4.83. The van der Waals surface area contributed by atoms with Crippen molar-refractivity contribution in [2.24, 2.45) is 5.92 Å². The molecule has 6 heteroatoms. The summed E-state index contributed by atoms with van der Waals surface area (Å²) in [6.45, 7) is 0. The molecule has 1 saturated carbocycles. The molecule has 2 aliphatic rings. The van der Waals surface area contributed by atoms with Crippen molar-refractivity contribution >= 4 is 29.5 Å². The zero-order valence-electron chi connectivity index (χ0n) is 10.1. The molecular weight excluding hydrogens is 254 g/mol. The highest BCUT2D eigenvalue weighted by molar-refractivity contribution is 8.00. The normalized spacial score (nSPS) is 24.1. The van der Waals surface area contributed by atoms with Crippen LogP contribution >= 0.6 is 11.8 Å². The van der Waals surface area contributed by atoms with E-state index in [1.807, 2.05) is 0 Å². The number of carboxylic acid groups (broad SMARTS) is 1. The summed E-state index contributed by atoms with van der Waals surface area (Å²) in [5.74, 6) is -1.41. The Labute approximate surface area is 110 Å². The van der Waals surface area contributed by atoms with E-state index in [9.17, 15) is 19.5 Å². The van der Waals surface area contributed by atoms with Crippen molar-refractivity contribution < 1.29 is 19.5 Å². The lowest BCUT2D eigenvalue weighted by atomic mass is 9.83. The van der Waals surface area contributed by atoms with E-state index in [0.717, 1.165) is 37.0 Å². The summed E-state index contributed by atoms with van der Waals surface area (Å²) in [5.41, 5.74) is 0. The Balaban J connectivity index is 2.19. The number of hydrogen-bond donors (Lipinski definition) is 1. The number of rotatable bonds is 3. The molecule has 2 amide bonds. The van der Waals surface area contributed by atoms with Gasteiger partial charge in [0, 0.05) is 0 Å². The maximum Gasteiger partial charge on any atom is 0.327 e. The van der Waals surface area contributed by atoms with Crippen LogP contribution in [0, 0.1) is 5.92 Å². The molecule has 1 N–H and O–H groups in total. The highest BCUT2D eigenvalue weighted by Crippen LogP contribution is 2.31. The van der Waals surface area contributed by atoms with E-state index >= 15 is 0 Å². The Morgan fingerprint density at radius 2 is 1.72 bits per heavy atom. The quantitative estimate of drug-likeness (QED) is 0.779. The van der Waals surface area contributed by atoms with Crippen molar-refractivity contribution in [2.45, 2.75) is 38.1 Å². The summed E-state index contributed by atoms with van der Waals surface area (Å²) >= 11 is 1.26. The Morgan fingerprint density at radius 1 is 1.17 bits per heavy atom. The molecule has 1 atom stereocenters. The monoisotopic (exact) mass is 271 g/mol. The maximum absolute atomic E-state index is 11.8. The molecule has 1 heterocycles. The summed E-state index contributed by atoms with van der Waals surface area (Å²) < 4.78 is 0. The Bertz CT molecular complexity index is 349. The number of carboxylic acids is 1. The first-order chi connectivity index (χ1) is 8.61. The lowest BCUT2D eigenvalue weighted by Crippen LogP contribution is -2.55. The van der Waals surface area contributed by atoms with Crippen molar-refractivity contribution in [3.05, 3.63) is 0 Å². The van der Waals surface area contributed by atoms with Gasteiger partial charge in [-0.3, -0.25) is 14.5 Å². The maximum atomic E-state index is 11.8. The standard InChI is InChI=1S/C12H17NO4S/c14-9-6-18-7-10(15)13(9)11(12(16)17)8-4-2-1-3-5-8/h8,11H,1-7H2,(H,16,17). The van der Waals surface area contributed by atoms with Crippen LogP contribution in [-0.4, -0.2) is 45.3 Å². The molecule has 2 fully saturated rings. The van der Waals surface area contributed by atoms with Crippen molar-refractivity contribution in [2.75, 3.05) is 11.5 Å². The van der Waals surface area contributed by atoms with Crippen LogP contribution in [0.4, 0.5) is 0 Å². The minimum absolute atomic E-state index is 0.0766. The third kappa shape index (κ3) is 2.68. The van der Waals surface area contributed by atoms with Gasteiger partial charge in [0.25, 0.3) is 0 Å². The van der Waals surface area contributed by atoms with Gasteiger partial charge in [-0.15, -0.1) is 11.8 Å². The molecule has 0 radical (unpaired) electrons. The number of carbonyl (C=O) groups is 3. The molecule has 1 saturated heterocycles. The van der Waals surface area contributed by atoms with E-state index in [-0.39, 0.29) is 29.2 Å².